The Bertz CT molecular complexity index is 989. The molecule has 0 fully saturated rings. The fourth-order valence-corrected chi connectivity index (χ4v) is 3.56. The second kappa shape index (κ2) is 6.21. The minimum atomic E-state index is -1.52. The molecular formula is C18H13Br2FO2. The van der Waals surface area contributed by atoms with Crippen LogP contribution in [-0.2, 0) is 0 Å². The Labute approximate surface area is 152 Å². The van der Waals surface area contributed by atoms with Crippen molar-refractivity contribution in [3.8, 4) is 0 Å². The molecule has 1 atom stereocenters. The maximum atomic E-state index is 14.1. The average Bonchev–Trinajstić information content (AvgIpc) is 2.91. The highest BCUT2D eigenvalue weighted by Crippen LogP contribution is 2.35. The third-order valence-electron chi connectivity index (χ3n) is 3.62. The Morgan fingerprint density at radius 3 is 2.61 bits per heavy atom. The smallest absolute Gasteiger partial charge is 0.197 e. The Balaban J connectivity index is 2.30. The largest absolute Gasteiger partial charge is 0.457 e. The van der Waals surface area contributed by atoms with E-state index < -0.39 is 12.0 Å². The summed E-state index contributed by atoms with van der Waals surface area (Å²) in [6, 6.07) is 6.08. The number of halogens is 3. The first-order valence-corrected chi connectivity index (χ1v) is 8.47. The van der Waals surface area contributed by atoms with Gasteiger partial charge in [0.2, 0.25) is 0 Å². The van der Waals surface area contributed by atoms with Crippen molar-refractivity contribution in [1.29, 1.82) is 0 Å². The molecule has 0 N–H and O–H groups in total. The number of para-hydroxylation sites is 1. The molecule has 1 aromatic heterocycles. The van der Waals surface area contributed by atoms with Crippen molar-refractivity contribution in [2.75, 3.05) is 0 Å². The summed E-state index contributed by atoms with van der Waals surface area (Å²) in [5, 5.41) is 0.287. The predicted octanol–water partition coefficient (Wildman–Crippen LogP) is 6.53. The van der Waals surface area contributed by atoms with Gasteiger partial charge in [0.25, 0.3) is 0 Å². The minimum absolute atomic E-state index is 0.0466. The molecule has 1 heterocycles. The Kier molecular flexibility index (Phi) is 3.76. The maximum absolute atomic E-state index is 14.1. The summed E-state index contributed by atoms with van der Waals surface area (Å²) in [5.41, 5.74) is 1.48. The Morgan fingerprint density at radius 1 is 1.35 bits per heavy atom. The molecule has 0 bridgehead atoms. The van der Waals surface area contributed by atoms with E-state index in [4.69, 9.17) is 7.16 Å². The minimum Gasteiger partial charge on any atom is -0.457 e. The average molecular weight is 442 g/mol. The van der Waals surface area contributed by atoms with Gasteiger partial charge in [-0.3, -0.25) is 4.79 Å². The van der Waals surface area contributed by atoms with Gasteiger partial charge in [0, 0.05) is 19.9 Å². The van der Waals surface area contributed by atoms with Crippen LogP contribution in [0.4, 0.5) is 4.39 Å². The van der Waals surface area contributed by atoms with Gasteiger partial charge in [-0.05, 0) is 37.6 Å². The normalized spacial score (nSPS) is 13.8. The first-order valence-electron chi connectivity index (χ1n) is 7.88. The van der Waals surface area contributed by atoms with Crippen LogP contribution in [0.5, 0.6) is 0 Å². The molecule has 5 heteroatoms. The van der Waals surface area contributed by atoms with Gasteiger partial charge in [-0.1, -0.05) is 50.0 Å². The molecule has 0 spiro atoms. The zero-order chi connectivity index (χ0) is 18.5. The molecule has 0 aliphatic rings. The first kappa shape index (κ1) is 13.9. The Morgan fingerprint density at radius 2 is 2.00 bits per heavy atom. The quantitative estimate of drug-likeness (QED) is 0.432. The number of hydrogen-bond donors (Lipinski definition) is 0. The molecule has 3 aromatic rings. The Hall–Kier alpha value is -1.46. The van der Waals surface area contributed by atoms with Crippen molar-refractivity contribution >= 4 is 48.6 Å². The van der Waals surface area contributed by atoms with Crippen molar-refractivity contribution in [2.24, 2.45) is 0 Å². The van der Waals surface area contributed by atoms with E-state index in [0.29, 0.717) is 5.56 Å². The summed E-state index contributed by atoms with van der Waals surface area (Å²) in [6.07, 6.45) is -1.52. The number of alkyl halides is 1. The van der Waals surface area contributed by atoms with Gasteiger partial charge >= 0.3 is 0 Å². The van der Waals surface area contributed by atoms with Gasteiger partial charge in [0.05, 0.1) is 8.30 Å². The van der Waals surface area contributed by atoms with E-state index in [1.807, 2.05) is 6.92 Å². The number of carbonyl (C=O) groups is 1. The third-order valence-corrected chi connectivity index (χ3v) is 5.27. The molecule has 118 valence electrons. The zero-order valence-corrected chi connectivity index (χ0v) is 15.5. The van der Waals surface area contributed by atoms with Crippen LogP contribution >= 0.6 is 31.9 Å². The molecule has 0 saturated carbocycles. The van der Waals surface area contributed by atoms with Crippen molar-refractivity contribution in [1.82, 2.24) is 0 Å². The molecule has 0 aliphatic carbocycles. The van der Waals surface area contributed by atoms with Gasteiger partial charge in [0.1, 0.15) is 11.3 Å². The van der Waals surface area contributed by atoms with Gasteiger partial charge in [-0.25, -0.2) is 4.39 Å². The van der Waals surface area contributed by atoms with E-state index in [9.17, 15) is 9.18 Å². The van der Waals surface area contributed by atoms with E-state index in [1.54, 1.807) is 12.1 Å². The van der Waals surface area contributed by atoms with Crippen molar-refractivity contribution in [3.05, 3.63) is 67.7 Å². The summed E-state index contributed by atoms with van der Waals surface area (Å²) in [4.78, 5) is 13.1. The zero-order valence-electron chi connectivity index (χ0n) is 14.3. The standard InChI is InChI=1S/C18H13Br2FO2/c1-9-13(19)7-11(8-14(9)20)17(22)16-12-5-3-4-6-15(12)23-18(16)10(2)21/h3-8,10H,1-2H3/i3D,6D. The van der Waals surface area contributed by atoms with Crippen molar-refractivity contribution in [3.63, 3.8) is 0 Å². The first-order chi connectivity index (χ1) is 11.7. The van der Waals surface area contributed by atoms with Gasteiger partial charge in [-0.15, -0.1) is 0 Å². The van der Waals surface area contributed by atoms with Crippen molar-refractivity contribution in [2.45, 2.75) is 20.0 Å². The van der Waals surface area contributed by atoms with Crippen LogP contribution in [0.2, 0.25) is 0 Å². The molecule has 3 rings (SSSR count). The van der Waals surface area contributed by atoms with E-state index in [-0.39, 0.29) is 34.4 Å². The number of carbonyl (C=O) groups excluding carboxylic acids is 1. The highest BCUT2D eigenvalue weighted by Gasteiger charge is 2.25. The lowest BCUT2D eigenvalue weighted by molar-refractivity contribution is 0.103. The van der Waals surface area contributed by atoms with Gasteiger partial charge < -0.3 is 4.42 Å². The molecular weight excluding hydrogens is 427 g/mol. The number of benzene rings is 2. The van der Waals surface area contributed by atoms with Crippen molar-refractivity contribution < 1.29 is 16.3 Å². The molecule has 0 amide bonds. The molecule has 0 aliphatic heterocycles. The lowest BCUT2D eigenvalue weighted by Crippen LogP contribution is -2.05. The van der Waals surface area contributed by atoms with E-state index in [0.717, 1.165) is 14.5 Å². The van der Waals surface area contributed by atoms with Crippen LogP contribution in [-0.4, -0.2) is 5.78 Å². The third kappa shape index (κ3) is 2.88. The van der Waals surface area contributed by atoms with Crippen LogP contribution in [0.3, 0.4) is 0 Å². The van der Waals surface area contributed by atoms with Gasteiger partial charge in [0.15, 0.2) is 12.0 Å². The molecule has 0 saturated heterocycles. The van der Waals surface area contributed by atoms with Crippen LogP contribution in [0, 0.1) is 6.92 Å². The fraction of sp³-hybridized carbons (Fsp3) is 0.167. The maximum Gasteiger partial charge on any atom is 0.197 e. The fourth-order valence-electron chi connectivity index (χ4n) is 2.37. The highest BCUT2D eigenvalue weighted by molar-refractivity contribution is 9.11. The SMILES string of the molecule is [2H]c1cc([2H])c2oc(C(C)F)c(C(=O)c3cc(Br)c(C)c(Br)c3)c2c1. The molecule has 2 aromatic carbocycles. The summed E-state index contributed by atoms with van der Waals surface area (Å²) < 4.78 is 36.8. The number of ketones is 1. The summed E-state index contributed by atoms with van der Waals surface area (Å²) in [7, 11) is 0. The van der Waals surface area contributed by atoms with Crippen LogP contribution < -0.4 is 0 Å². The lowest BCUT2D eigenvalue weighted by atomic mass is 9.98. The molecule has 2 nitrogen and oxygen atoms in total. The van der Waals surface area contributed by atoms with Gasteiger partial charge in [-0.2, -0.15) is 0 Å². The predicted molar refractivity (Wildman–Crippen MR) is 95.7 cm³/mol. The number of fused-ring (bicyclic) bond motifs is 1. The number of hydrogen-bond acceptors (Lipinski definition) is 2. The highest BCUT2D eigenvalue weighted by atomic mass is 79.9. The second-order valence-electron chi connectivity index (χ2n) is 5.19. The van der Waals surface area contributed by atoms with E-state index in [1.165, 1.54) is 19.1 Å². The second-order valence-corrected chi connectivity index (χ2v) is 6.90. The van der Waals surface area contributed by atoms with Crippen LogP contribution in [0.25, 0.3) is 11.0 Å². The molecule has 1 unspecified atom stereocenters. The number of rotatable bonds is 3. The monoisotopic (exact) mass is 440 g/mol. The summed E-state index contributed by atoms with van der Waals surface area (Å²) >= 11 is 6.82. The molecule has 23 heavy (non-hydrogen) atoms. The topological polar surface area (TPSA) is 30.2 Å². The van der Waals surface area contributed by atoms with E-state index in [2.05, 4.69) is 31.9 Å². The summed E-state index contributed by atoms with van der Waals surface area (Å²) in [6.45, 7) is 3.17. The van der Waals surface area contributed by atoms with Crippen LogP contribution in [0.1, 0.15) is 43.1 Å². The number of furan rings is 1. The molecule has 0 radical (unpaired) electrons. The van der Waals surface area contributed by atoms with E-state index >= 15 is 0 Å². The lowest BCUT2D eigenvalue weighted by Gasteiger charge is -2.07. The summed E-state index contributed by atoms with van der Waals surface area (Å²) in [5.74, 6) is -0.531. The van der Waals surface area contributed by atoms with Crippen LogP contribution in [0.15, 0.2) is 49.7 Å².